The van der Waals surface area contributed by atoms with Crippen LogP contribution in [0.1, 0.15) is 13.3 Å². The van der Waals surface area contributed by atoms with E-state index in [0.29, 0.717) is 13.0 Å². The molecule has 0 aromatic heterocycles. The molecule has 1 fully saturated rings. The monoisotopic (exact) mass is 247 g/mol. The largest absolute Gasteiger partial charge is 0.416 e. The van der Waals surface area contributed by atoms with Gasteiger partial charge in [-0.2, -0.15) is 13.2 Å². The predicted molar refractivity (Wildman–Crippen MR) is 58.6 cm³/mol. The van der Waals surface area contributed by atoms with Crippen LogP contribution in [0.5, 0.6) is 0 Å². The zero-order valence-corrected chi connectivity index (χ0v) is 9.63. The molecule has 0 spiro atoms. The van der Waals surface area contributed by atoms with Crippen LogP contribution in [0, 0.1) is 5.92 Å². The van der Waals surface area contributed by atoms with Gasteiger partial charge in [-0.25, -0.2) is 0 Å². The van der Waals surface area contributed by atoms with Crippen LogP contribution < -0.4 is 5.32 Å². The molecule has 0 amide bonds. The van der Waals surface area contributed by atoms with Crippen molar-refractivity contribution in [1.82, 2.24) is 5.32 Å². The quantitative estimate of drug-likeness (QED) is 0.768. The summed E-state index contributed by atoms with van der Waals surface area (Å²) >= 11 is 0. The van der Waals surface area contributed by atoms with Crippen LogP contribution in [0.2, 0.25) is 0 Å². The van der Waals surface area contributed by atoms with E-state index in [2.05, 4.69) is 5.32 Å². The van der Waals surface area contributed by atoms with E-state index in [9.17, 15) is 13.2 Å². The van der Waals surface area contributed by atoms with Crippen molar-refractivity contribution >= 4 is 0 Å². The topological polar surface area (TPSA) is 21.3 Å². The number of hydrogen-bond acceptors (Lipinski definition) is 2. The van der Waals surface area contributed by atoms with Crippen LogP contribution in [0.15, 0.2) is 23.8 Å². The third-order valence-electron chi connectivity index (χ3n) is 3.09. The third kappa shape index (κ3) is 3.10. The van der Waals surface area contributed by atoms with Crippen LogP contribution in [0.3, 0.4) is 0 Å². The first-order valence-electron chi connectivity index (χ1n) is 5.78. The normalized spacial score (nSPS) is 34.6. The molecule has 17 heavy (non-hydrogen) atoms. The van der Waals surface area contributed by atoms with Gasteiger partial charge in [0.2, 0.25) is 0 Å². The SMILES string of the molecule is C[C@H]1CNC[C@H](C2C=C(C(F)(F)F)C=CC2)O1. The Morgan fingerprint density at radius 3 is 2.76 bits per heavy atom. The molecule has 2 rings (SSSR count). The Morgan fingerprint density at radius 2 is 2.12 bits per heavy atom. The second kappa shape index (κ2) is 4.82. The molecule has 2 nitrogen and oxygen atoms in total. The minimum absolute atomic E-state index is 0.0578. The fourth-order valence-corrected chi connectivity index (χ4v) is 2.23. The maximum atomic E-state index is 12.6. The lowest BCUT2D eigenvalue weighted by Crippen LogP contribution is -2.46. The van der Waals surface area contributed by atoms with Crippen molar-refractivity contribution in [3.05, 3.63) is 23.8 Å². The summed E-state index contributed by atoms with van der Waals surface area (Å²) < 4.78 is 43.4. The molecule has 1 unspecified atom stereocenters. The zero-order chi connectivity index (χ0) is 12.5. The number of alkyl halides is 3. The molecule has 0 bridgehead atoms. The summed E-state index contributed by atoms with van der Waals surface area (Å²) in [5.74, 6) is -0.188. The lowest BCUT2D eigenvalue weighted by molar-refractivity contribution is -0.0904. The summed E-state index contributed by atoms with van der Waals surface area (Å²) in [6, 6.07) is 0. The summed E-state index contributed by atoms with van der Waals surface area (Å²) in [5, 5.41) is 3.18. The smallest absolute Gasteiger partial charge is 0.372 e. The second-order valence-corrected chi connectivity index (χ2v) is 4.57. The molecule has 0 aromatic carbocycles. The number of allylic oxidation sites excluding steroid dienone is 3. The Kier molecular flexibility index (Phi) is 3.58. The summed E-state index contributed by atoms with van der Waals surface area (Å²) in [5.41, 5.74) is -0.560. The summed E-state index contributed by atoms with van der Waals surface area (Å²) in [6.45, 7) is 3.30. The molecular formula is C12H16F3NO. The maximum absolute atomic E-state index is 12.6. The van der Waals surface area contributed by atoms with E-state index in [1.165, 1.54) is 6.08 Å². The van der Waals surface area contributed by atoms with Gasteiger partial charge in [-0.1, -0.05) is 18.2 Å². The number of morpholine rings is 1. The minimum atomic E-state index is -4.26. The van der Waals surface area contributed by atoms with E-state index in [1.807, 2.05) is 6.92 Å². The molecule has 1 aliphatic heterocycles. The van der Waals surface area contributed by atoms with Gasteiger partial charge in [-0.3, -0.25) is 0 Å². The first-order valence-corrected chi connectivity index (χ1v) is 5.78. The average Bonchev–Trinajstić information content (AvgIpc) is 2.28. The highest BCUT2D eigenvalue weighted by Crippen LogP contribution is 2.33. The first-order chi connectivity index (χ1) is 7.97. The molecule has 0 saturated carbocycles. The molecule has 3 atom stereocenters. The minimum Gasteiger partial charge on any atom is -0.372 e. The Hall–Kier alpha value is -0.810. The number of halogens is 3. The number of hydrogen-bond donors (Lipinski definition) is 1. The van der Waals surface area contributed by atoms with Crippen molar-refractivity contribution in [3.8, 4) is 0 Å². The Morgan fingerprint density at radius 1 is 1.35 bits per heavy atom. The van der Waals surface area contributed by atoms with Gasteiger partial charge in [0, 0.05) is 19.0 Å². The average molecular weight is 247 g/mol. The fourth-order valence-electron chi connectivity index (χ4n) is 2.23. The molecule has 2 aliphatic rings. The number of rotatable bonds is 1. The standard InChI is InChI=1S/C12H16F3NO/c1-8-6-16-7-11(17-8)9-3-2-4-10(5-9)12(13,14)15/h2,4-5,8-9,11,16H,3,6-7H2,1H3/t8-,9?,11+/m0/s1. The van der Waals surface area contributed by atoms with E-state index in [-0.39, 0.29) is 18.1 Å². The van der Waals surface area contributed by atoms with Crippen LogP contribution in [-0.2, 0) is 4.74 Å². The molecule has 1 heterocycles. The van der Waals surface area contributed by atoms with Crippen LogP contribution in [-0.4, -0.2) is 31.5 Å². The fraction of sp³-hybridized carbons (Fsp3) is 0.667. The Bertz CT molecular complexity index is 335. The van der Waals surface area contributed by atoms with Gasteiger partial charge in [0.05, 0.1) is 17.8 Å². The molecule has 0 radical (unpaired) electrons. The van der Waals surface area contributed by atoms with E-state index < -0.39 is 11.7 Å². The van der Waals surface area contributed by atoms with Crippen molar-refractivity contribution in [3.63, 3.8) is 0 Å². The molecular weight excluding hydrogens is 231 g/mol. The number of ether oxygens (including phenoxy) is 1. The summed E-state index contributed by atoms with van der Waals surface area (Å²) in [7, 11) is 0. The molecule has 1 aliphatic carbocycles. The summed E-state index contributed by atoms with van der Waals surface area (Å²) in [6.07, 6.45) is 0.265. The Balaban J connectivity index is 2.07. The van der Waals surface area contributed by atoms with Crippen molar-refractivity contribution in [2.75, 3.05) is 13.1 Å². The number of nitrogens with one attached hydrogen (secondary N) is 1. The molecule has 96 valence electrons. The van der Waals surface area contributed by atoms with Gasteiger partial charge in [-0.05, 0) is 13.3 Å². The van der Waals surface area contributed by atoms with Crippen LogP contribution >= 0.6 is 0 Å². The summed E-state index contributed by atoms with van der Waals surface area (Å²) in [4.78, 5) is 0. The highest BCUT2D eigenvalue weighted by molar-refractivity contribution is 5.28. The molecule has 1 N–H and O–H groups in total. The van der Waals surface area contributed by atoms with E-state index in [4.69, 9.17) is 4.74 Å². The van der Waals surface area contributed by atoms with Crippen molar-refractivity contribution in [2.45, 2.75) is 31.7 Å². The van der Waals surface area contributed by atoms with Crippen molar-refractivity contribution < 1.29 is 17.9 Å². The molecule has 5 heteroatoms. The Labute approximate surface area is 98.5 Å². The third-order valence-corrected chi connectivity index (χ3v) is 3.09. The molecule has 0 aromatic rings. The highest BCUT2D eigenvalue weighted by Gasteiger charge is 2.35. The predicted octanol–water partition coefficient (Wildman–Crippen LogP) is 2.43. The lowest BCUT2D eigenvalue weighted by atomic mass is 9.90. The lowest BCUT2D eigenvalue weighted by Gasteiger charge is -2.34. The van der Waals surface area contributed by atoms with Crippen molar-refractivity contribution in [2.24, 2.45) is 5.92 Å². The van der Waals surface area contributed by atoms with Gasteiger partial charge < -0.3 is 10.1 Å². The molecule has 1 saturated heterocycles. The zero-order valence-electron chi connectivity index (χ0n) is 9.63. The van der Waals surface area contributed by atoms with Gasteiger partial charge in [-0.15, -0.1) is 0 Å². The van der Waals surface area contributed by atoms with E-state index >= 15 is 0 Å². The van der Waals surface area contributed by atoms with Crippen molar-refractivity contribution in [1.29, 1.82) is 0 Å². The first kappa shape index (κ1) is 12.6. The van der Waals surface area contributed by atoms with E-state index in [1.54, 1.807) is 6.08 Å². The maximum Gasteiger partial charge on any atom is 0.416 e. The van der Waals surface area contributed by atoms with Gasteiger partial charge in [0.1, 0.15) is 0 Å². The van der Waals surface area contributed by atoms with E-state index in [0.717, 1.165) is 12.6 Å². The van der Waals surface area contributed by atoms with Gasteiger partial charge in [0.25, 0.3) is 0 Å². The second-order valence-electron chi connectivity index (χ2n) is 4.57. The van der Waals surface area contributed by atoms with Crippen LogP contribution in [0.4, 0.5) is 13.2 Å². The van der Waals surface area contributed by atoms with Gasteiger partial charge in [0.15, 0.2) is 0 Å². The van der Waals surface area contributed by atoms with Gasteiger partial charge >= 0.3 is 6.18 Å². The van der Waals surface area contributed by atoms with Crippen LogP contribution in [0.25, 0.3) is 0 Å². The highest BCUT2D eigenvalue weighted by atomic mass is 19.4.